The van der Waals surface area contributed by atoms with E-state index in [2.05, 4.69) is 10.3 Å². The summed E-state index contributed by atoms with van der Waals surface area (Å²) in [7, 11) is -2.28. The van der Waals surface area contributed by atoms with Gasteiger partial charge in [-0.3, -0.25) is 10.1 Å². The van der Waals surface area contributed by atoms with Crippen molar-refractivity contribution in [2.45, 2.75) is 11.4 Å². The maximum Gasteiger partial charge on any atom is 0.257 e. The predicted molar refractivity (Wildman–Crippen MR) is 121 cm³/mol. The summed E-state index contributed by atoms with van der Waals surface area (Å²) in [6.45, 7) is 0.0990. The average molecular weight is 496 g/mol. The molecular weight excluding hydrogens is 481 g/mol. The Morgan fingerprint density at radius 2 is 1.90 bits per heavy atom. The molecule has 0 saturated heterocycles. The minimum absolute atomic E-state index is 0.0690. The van der Waals surface area contributed by atoms with Gasteiger partial charge >= 0.3 is 0 Å². The molecule has 2 heterocycles. The summed E-state index contributed by atoms with van der Waals surface area (Å²) in [5, 5.41) is 3.76. The van der Waals surface area contributed by atoms with Crippen LogP contribution in [-0.2, 0) is 16.6 Å². The molecule has 0 unspecified atom stereocenters. The number of benzene rings is 2. The lowest BCUT2D eigenvalue weighted by atomic mass is 10.2. The fourth-order valence-electron chi connectivity index (χ4n) is 2.83. The second-order valence-corrected chi connectivity index (χ2v) is 10.4. The van der Waals surface area contributed by atoms with Crippen LogP contribution >= 0.6 is 34.5 Å². The number of sulfonamides is 1. The van der Waals surface area contributed by atoms with Crippen LogP contribution < -0.4 is 5.32 Å². The van der Waals surface area contributed by atoms with E-state index in [4.69, 9.17) is 27.6 Å². The molecule has 7 nitrogen and oxygen atoms in total. The summed E-state index contributed by atoms with van der Waals surface area (Å²) < 4.78 is 32.6. The van der Waals surface area contributed by atoms with Gasteiger partial charge in [-0.25, -0.2) is 13.4 Å². The van der Waals surface area contributed by atoms with Gasteiger partial charge in [-0.05, 0) is 48.5 Å². The number of furan rings is 1. The summed E-state index contributed by atoms with van der Waals surface area (Å²) in [5.74, 6) is 0.105. The van der Waals surface area contributed by atoms with Crippen molar-refractivity contribution >= 4 is 65.8 Å². The van der Waals surface area contributed by atoms with E-state index < -0.39 is 15.9 Å². The van der Waals surface area contributed by atoms with Crippen molar-refractivity contribution < 1.29 is 17.6 Å². The van der Waals surface area contributed by atoms with Gasteiger partial charge < -0.3 is 4.42 Å². The number of amides is 1. The minimum atomic E-state index is -3.74. The van der Waals surface area contributed by atoms with E-state index in [1.54, 1.807) is 24.3 Å². The van der Waals surface area contributed by atoms with Gasteiger partial charge in [0.1, 0.15) is 11.3 Å². The van der Waals surface area contributed by atoms with E-state index in [1.165, 1.54) is 53.2 Å². The molecule has 0 saturated carbocycles. The van der Waals surface area contributed by atoms with Crippen molar-refractivity contribution in [1.82, 2.24) is 9.29 Å². The van der Waals surface area contributed by atoms with Gasteiger partial charge in [-0.2, -0.15) is 4.31 Å². The van der Waals surface area contributed by atoms with Crippen LogP contribution in [0.15, 0.2) is 64.1 Å². The number of nitrogens with one attached hydrogen (secondary N) is 1. The highest BCUT2D eigenvalue weighted by atomic mass is 35.5. The van der Waals surface area contributed by atoms with E-state index in [-0.39, 0.29) is 17.0 Å². The molecule has 0 atom stereocenters. The topological polar surface area (TPSA) is 92.5 Å². The molecule has 0 aliphatic carbocycles. The van der Waals surface area contributed by atoms with Crippen LogP contribution in [0.1, 0.15) is 16.1 Å². The van der Waals surface area contributed by atoms with E-state index in [0.717, 1.165) is 4.70 Å². The Kier molecular flexibility index (Phi) is 6.05. The summed E-state index contributed by atoms with van der Waals surface area (Å²) in [6.07, 6.45) is 1.48. The van der Waals surface area contributed by atoms with Crippen LogP contribution in [0.5, 0.6) is 0 Å². The average Bonchev–Trinajstić information content (AvgIpc) is 3.41. The van der Waals surface area contributed by atoms with Gasteiger partial charge in [0.25, 0.3) is 5.91 Å². The quantitative estimate of drug-likeness (QED) is 0.393. The number of aromatic nitrogens is 1. The summed E-state index contributed by atoms with van der Waals surface area (Å²) in [4.78, 5) is 17.0. The molecule has 0 spiro atoms. The second kappa shape index (κ2) is 8.60. The highest BCUT2D eigenvalue weighted by Gasteiger charge is 2.22. The molecule has 160 valence electrons. The van der Waals surface area contributed by atoms with E-state index >= 15 is 0 Å². The largest absolute Gasteiger partial charge is 0.468 e. The first-order chi connectivity index (χ1) is 14.8. The fraction of sp³-hybridized carbons (Fsp3) is 0.100. The van der Waals surface area contributed by atoms with E-state index in [0.29, 0.717) is 26.5 Å². The van der Waals surface area contributed by atoms with Crippen LogP contribution in [0.25, 0.3) is 10.2 Å². The number of fused-ring (bicyclic) bond motifs is 1. The maximum absolute atomic E-state index is 12.7. The van der Waals surface area contributed by atoms with Crippen molar-refractivity contribution in [3.05, 3.63) is 76.2 Å². The molecule has 31 heavy (non-hydrogen) atoms. The summed E-state index contributed by atoms with van der Waals surface area (Å²) >= 11 is 13.4. The van der Waals surface area contributed by atoms with Gasteiger partial charge in [-0.15, -0.1) is 0 Å². The van der Waals surface area contributed by atoms with Crippen LogP contribution in [0.2, 0.25) is 10.0 Å². The number of thiazole rings is 1. The molecular formula is C20H15Cl2N3O4S2. The van der Waals surface area contributed by atoms with Crippen molar-refractivity contribution in [3.8, 4) is 0 Å². The van der Waals surface area contributed by atoms with E-state index in [1.807, 2.05) is 0 Å². The maximum atomic E-state index is 12.7. The third kappa shape index (κ3) is 4.46. The lowest BCUT2D eigenvalue weighted by molar-refractivity contribution is 0.102. The van der Waals surface area contributed by atoms with Gasteiger partial charge in [-0.1, -0.05) is 34.5 Å². The number of halogens is 2. The van der Waals surface area contributed by atoms with Crippen LogP contribution in [0, 0.1) is 0 Å². The summed E-state index contributed by atoms with van der Waals surface area (Å²) in [6, 6.07) is 12.5. The zero-order chi connectivity index (χ0) is 22.2. The molecule has 0 bridgehead atoms. The lowest BCUT2D eigenvalue weighted by Crippen LogP contribution is -2.26. The number of carbonyl (C=O) groups is 1. The molecule has 0 aliphatic heterocycles. The first kappa shape index (κ1) is 21.8. The minimum Gasteiger partial charge on any atom is -0.468 e. The van der Waals surface area contributed by atoms with E-state index in [9.17, 15) is 13.2 Å². The van der Waals surface area contributed by atoms with Crippen LogP contribution in [-0.4, -0.2) is 30.7 Å². The van der Waals surface area contributed by atoms with Crippen molar-refractivity contribution in [1.29, 1.82) is 0 Å². The van der Waals surface area contributed by atoms with Gasteiger partial charge in [0.05, 0.1) is 32.4 Å². The Morgan fingerprint density at radius 3 is 2.58 bits per heavy atom. The molecule has 2 aromatic carbocycles. The molecule has 4 aromatic rings. The molecule has 0 fully saturated rings. The molecule has 1 amide bonds. The van der Waals surface area contributed by atoms with Gasteiger partial charge in [0, 0.05) is 12.6 Å². The number of nitrogens with zero attached hydrogens (tertiary/aromatic N) is 2. The number of hydrogen-bond acceptors (Lipinski definition) is 6. The first-order valence-electron chi connectivity index (χ1n) is 8.90. The predicted octanol–water partition coefficient (Wildman–Crippen LogP) is 5.27. The third-order valence-corrected chi connectivity index (χ3v) is 8.00. The second-order valence-electron chi connectivity index (χ2n) is 6.55. The number of carbonyl (C=O) groups excluding carboxylic acids is 1. The molecule has 1 N–H and O–H groups in total. The Bertz CT molecular complexity index is 1350. The Hall–Kier alpha value is -2.43. The normalized spacial score (nSPS) is 11.9. The lowest BCUT2D eigenvalue weighted by Gasteiger charge is -2.16. The smallest absolute Gasteiger partial charge is 0.257 e. The first-order valence-corrected chi connectivity index (χ1v) is 11.9. The van der Waals surface area contributed by atoms with Crippen molar-refractivity contribution in [2.75, 3.05) is 12.4 Å². The zero-order valence-corrected chi connectivity index (χ0v) is 19.1. The highest BCUT2D eigenvalue weighted by Crippen LogP contribution is 2.35. The fourth-order valence-corrected chi connectivity index (χ4v) is 5.25. The Balaban J connectivity index is 1.50. The molecule has 2 aromatic heterocycles. The monoisotopic (exact) mass is 495 g/mol. The molecule has 0 aliphatic rings. The Morgan fingerprint density at radius 1 is 1.16 bits per heavy atom. The zero-order valence-electron chi connectivity index (χ0n) is 16.0. The van der Waals surface area contributed by atoms with Crippen LogP contribution in [0.3, 0.4) is 0 Å². The van der Waals surface area contributed by atoms with Gasteiger partial charge in [0.15, 0.2) is 5.13 Å². The Labute approximate surface area is 192 Å². The van der Waals surface area contributed by atoms with Gasteiger partial charge in [0.2, 0.25) is 10.0 Å². The van der Waals surface area contributed by atoms with Crippen LogP contribution in [0.4, 0.5) is 5.13 Å². The SMILES string of the molecule is CN(Cc1ccco1)S(=O)(=O)c1ccc(C(=O)Nc2nc3c(Cl)c(Cl)ccc3s2)cc1. The van der Waals surface area contributed by atoms with Crippen molar-refractivity contribution in [2.24, 2.45) is 0 Å². The number of rotatable bonds is 6. The number of hydrogen-bond donors (Lipinski definition) is 1. The molecule has 11 heteroatoms. The van der Waals surface area contributed by atoms with Crippen molar-refractivity contribution in [3.63, 3.8) is 0 Å². The standard InChI is InChI=1S/C20H15Cl2N3O4S2/c1-25(11-13-3-2-10-29-13)31(27,28)14-6-4-12(5-7-14)19(26)24-20-23-18-16(30-20)9-8-15(21)17(18)22/h2-10H,11H2,1H3,(H,23,24,26). The molecule has 4 rings (SSSR count). The highest BCUT2D eigenvalue weighted by molar-refractivity contribution is 7.89. The number of anilines is 1. The third-order valence-electron chi connectivity index (χ3n) is 4.46. The summed E-state index contributed by atoms with van der Waals surface area (Å²) in [5.41, 5.74) is 0.798. The molecule has 0 radical (unpaired) electrons.